The summed E-state index contributed by atoms with van der Waals surface area (Å²) >= 11 is 0. The number of pyridine rings is 1. The van der Waals surface area contributed by atoms with Crippen molar-refractivity contribution in [1.82, 2.24) is 20.1 Å². The van der Waals surface area contributed by atoms with Gasteiger partial charge in [-0.25, -0.2) is 0 Å². The van der Waals surface area contributed by atoms with Crippen molar-refractivity contribution in [3.63, 3.8) is 0 Å². The fourth-order valence-corrected chi connectivity index (χ4v) is 4.45. The van der Waals surface area contributed by atoms with Crippen LogP contribution < -0.4 is 10.2 Å². The molecule has 1 amide bonds. The Morgan fingerprint density at radius 3 is 2.55 bits per heavy atom. The number of hydrogen-bond acceptors (Lipinski definition) is 4. The number of hydrogen-bond donors (Lipinski definition) is 1. The van der Waals surface area contributed by atoms with Crippen molar-refractivity contribution < 1.29 is 4.79 Å². The Labute approximate surface area is 173 Å². The SMILES string of the molecule is Cn1ccc(CC2(NC(=O)c3cc(N4CCC(C(C)(C)C)CC4)ccn3)CC2)n1. The molecule has 1 saturated heterocycles. The number of aryl methyl sites for hydroxylation is 1. The first kappa shape index (κ1) is 19.9. The molecule has 0 atom stereocenters. The Morgan fingerprint density at radius 1 is 1.24 bits per heavy atom. The number of amides is 1. The molecule has 2 fully saturated rings. The molecule has 1 aliphatic carbocycles. The fourth-order valence-electron chi connectivity index (χ4n) is 4.45. The number of piperidine rings is 1. The third-order valence-electron chi connectivity index (χ3n) is 6.58. The molecule has 156 valence electrons. The number of carbonyl (C=O) groups excluding carboxylic acids is 1. The zero-order valence-electron chi connectivity index (χ0n) is 18.1. The van der Waals surface area contributed by atoms with Crippen LogP contribution in [-0.4, -0.2) is 39.3 Å². The van der Waals surface area contributed by atoms with Crippen molar-refractivity contribution in [3.05, 3.63) is 42.0 Å². The number of aromatic nitrogens is 3. The van der Waals surface area contributed by atoms with Crippen LogP contribution in [0.2, 0.25) is 0 Å². The summed E-state index contributed by atoms with van der Waals surface area (Å²) in [4.78, 5) is 19.6. The van der Waals surface area contributed by atoms with Gasteiger partial charge >= 0.3 is 0 Å². The molecule has 0 bridgehead atoms. The van der Waals surface area contributed by atoms with E-state index in [4.69, 9.17) is 0 Å². The zero-order valence-corrected chi connectivity index (χ0v) is 18.1. The molecule has 4 rings (SSSR count). The first-order chi connectivity index (χ1) is 13.7. The van der Waals surface area contributed by atoms with Gasteiger partial charge in [0.1, 0.15) is 5.69 Å². The van der Waals surface area contributed by atoms with E-state index in [1.165, 1.54) is 12.8 Å². The second kappa shape index (κ2) is 7.47. The maximum atomic E-state index is 12.9. The number of anilines is 1. The molecular formula is C23H33N5O. The lowest BCUT2D eigenvalue weighted by atomic mass is 9.75. The zero-order chi connectivity index (χ0) is 20.6. The van der Waals surface area contributed by atoms with Crippen LogP contribution in [0, 0.1) is 11.3 Å². The third-order valence-corrected chi connectivity index (χ3v) is 6.58. The van der Waals surface area contributed by atoms with Crippen molar-refractivity contribution in [3.8, 4) is 0 Å². The molecule has 2 aromatic heterocycles. The standard InChI is InChI=1S/C23H33N5O/c1-22(2,3)17-6-13-28(14-7-17)19-5-11-24-20(15-19)21(29)25-23(9-10-23)16-18-8-12-27(4)26-18/h5,8,11-12,15,17H,6-7,9-10,13-14,16H2,1-4H3,(H,25,29). The van der Waals surface area contributed by atoms with E-state index in [-0.39, 0.29) is 11.4 Å². The highest BCUT2D eigenvalue weighted by molar-refractivity contribution is 5.94. The first-order valence-electron chi connectivity index (χ1n) is 10.8. The summed E-state index contributed by atoms with van der Waals surface area (Å²) in [5, 5.41) is 7.69. The fraction of sp³-hybridized carbons (Fsp3) is 0.609. The van der Waals surface area contributed by atoms with E-state index < -0.39 is 0 Å². The molecule has 0 radical (unpaired) electrons. The van der Waals surface area contributed by atoms with Gasteiger partial charge in [0.15, 0.2) is 0 Å². The average molecular weight is 396 g/mol. The number of nitrogens with one attached hydrogen (secondary N) is 1. The van der Waals surface area contributed by atoms with E-state index in [0.29, 0.717) is 11.1 Å². The van der Waals surface area contributed by atoms with Gasteiger partial charge in [0.05, 0.1) is 5.69 Å². The topological polar surface area (TPSA) is 63.1 Å². The van der Waals surface area contributed by atoms with Gasteiger partial charge in [-0.15, -0.1) is 0 Å². The summed E-state index contributed by atoms with van der Waals surface area (Å²) < 4.78 is 1.81. The molecule has 29 heavy (non-hydrogen) atoms. The number of rotatable bonds is 5. The Hall–Kier alpha value is -2.37. The van der Waals surface area contributed by atoms with Gasteiger partial charge in [-0.05, 0) is 55.2 Å². The average Bonchev–Trinajstić information content (AvgIpc) is 3.31. The van der Waals surface area contributed by atoms with Crippen LogP contribution in [0.25, 0.3) is 0 Å². The first-order valence-corrected chi connectivity index (χ1v) is 10.8. The molecule has 3 heterocycles. The third kappa shape index (κ3) is 4.62. The van der Waals surface area contributed by atoms with Crippen molar-refractivity contribution in [1.29, 1.82) is 0 Å². The van der Waals surface area contributed by atoms with Crippen LogP contribution in [0.5, 0.6) is 0 Å². The van der Waals surface area contributed by atoms with Gasteiger partial charge in [-0.3, -0.25) is 14.5 Å². The molecule has 0 spiro atoms. The van der Waals surface area contributed by atoms with Crippen LogP contribution >= 0.6 is 0 Å². The predicted octanol–water partition coefficient (Wildman–Crippen LogP) is 3.58. The monoisotopic (exact) mass is 395 g/mol. The summed E-state index contributed by atoms with van der Waals surface area (Å²) in [5.74, 6) is 0.675. The molecule has 6 heteroatoms. The van der Waals surface area contributed by atoms with Gasteiger partial charge in [-0.2, -0.15) is 5.10 Å². The smallest absolute Gasteiger partial charge is 0.270 e. The Morgan fingerprint density at radius 2 is 1.97 bits per heavy atom. The summed E-state index contributed by atoms with van der Waals surface area (Å²) in [6.07, 6.45) is 8.87. The van der Waals surface area contributed by atoms with E-state index in [9.17, 15) is 4.79 Å². The lowest BCUT2D eigenvalue weighted by Crippen LogP contribution is -2.40. The maximum Gasteiger partial charge on any atom is 0.270 e. The lowest BCUT2D eigenvalue weighted by molar-refractivity contribution is 0.0926. The summed E-state index contributed by atoms with van der Waals surface area (Å²) in [6, 6.07) is 5.99. The Kier molecular flexibility index (Phi) is 5.13. The molecule has 1 N–H and O–H groups in total. The highest BCUT2D eigenvalue weighted by Crippen LogP contribution is 2.39. The van der Waals surface area contributed by atoms with E-state index in [1.54, 1.807) is 10.9 Å². The van der Waals surface area contributed by atoms with Crippen LogP contribution in [0.4, 0.5) is 5.69 Å². The maximum absolute atomic E-state index is 12.9. The van der Waals surface area contributed by atoms with Crippen molar-refractivity contribution in [2.24, 2.45) is 18.4 Å². The van der Waals surface area contributed by atoms with Crippen LogP contribution in [0.15, 0.2) is 30.6 Å². The molecule has 1 aliphatic heterocycles. The second-order valence-electron chi connectivity index (χ2n) is 9.92. The van der Waals surface area contributed by atoms with Gasteiger partial charge in [0.2, 0.25) is 0 Å². The molecular weight excluding hydrogens is 362 g/mol. The van der Waals surface area contributed by atoms with E-state index in [2.05, 4.69) is 41.1 Å². The van der Waals surface area contributed by atoms with E-state index in [1.807, 2.05) is 31.4 Å². The molecule has 0 unspecified atom stereocenters. The minimum absolute atomic E-state index is 0.0788. The van der Waals surface area contributed by atoms with Crippen molar-refractivity contribution in [2.45, 2.75) is 58.4 Å². The normalized spacial score (nSPS) is 19.2. The second-order valence-corrected chi connectivity index (χ2v) is 9.92. The minimum Gasteiger partial charge on any atom is -0.371 e. The summed E-state index contributed by atoms with van der Waals surface area (Å²) in [5.41, 5.74) is 2.84. The van der Waals surface area contributed by atoms with Gasteiger partial charge < -0.3 is 10.2 Å². The molecule has 6 nitrogen and oxygen atoms in total. The number of nitrogens with zero attached hydrogens (tertiary/aromatic N) is 4. The molecule has 2 aliphatic rings. The minimum atomic E-state index is -0.159. The van der Waals surface area contributed by atoms with Gasteiger partial charge in [-0.1, -0.05) is 20.8 Å². The molecule has 2 aromatic rings. The quantitative estimate of drug-likeness (QED) is 0.840. The summed E-state index contributed by atoms with van der Waals surface area (Å²) in [6.45, 7) is 9.08. The Balaban J connectivity index is 1.39. The molecule has 0 aromatic carbocycles. The molecule has 1 saturated carbocycles. The largest absolute Gasteiger partial charge is 0.371 e. The van der Waals surface area contributed by atoms with Gasteiger partial charge in [0, 0.05) is 50.2 Å². The van der Waals surface area contributed by atoms with Gasteiger partial charge in [0.25, 0.3) is 5.91 Å². The van der Waals surface area contributed by atoms with Crippen LogP contribution in [-0.2, 0) is 13.5 Å². The highest BCUT2D eigenvalue weighted by Gasteiger charge is 2.44. The van der Waals surface area contributed by atoms with Crippen molar-refractivity contribution in [2.75, 3.05) is 18.0 Å². The van der Waals surface area contributed by atoms with Crippen LogP contribution in [0.3, 0.4) is 0 Å². The van der Waals surface area contributed by atoms with E-state index >= 15 is 0 Å². The van der Waals surface area contributed by atoms with Crippen molar-refractivity contribution >= 4 is 11.6 Å². The summed E-state index contributed by atoms with van der Waals surface area (Å²) in [7, 11) is 1.92. The highest BCUT2D eigenvalue weighted by atomic mass is 16.2. The Bertz CT molecular complexity index is 869. The van der Waals surface area contributed by atoms with Crippen LogP contribution in [0.1, 0.15) is 62.6 Å². The van der Waals surface area contributed by atoms with E-state index in [0.717, 1.165) is 49.7 Å². The predicted molar refractivity (Wildman–Crippen MR) is 115 cm³/mol. The lowest BCUT2D eigenvalue weighted by Gasteiger charge is -2.39. The number of carbonyl (C=O) groups is 1.